The Labute approximate surface area is 125 Å². The standard InChI is InChI=1S/C18H21NO2/c1-13(2)12-17(19)18(20)21-16-10-8-15(9-11-16)14-6-4-3-5-7-14/h3-11,13,17H,12,19H2,1-2H3. The van der Waals surface area contributed by atoms with Gasteiger partial charge in [0.1, 0.15) is 11.8 Å². The maximum absolute atomic E-state index is 11.9. The Morgan fingerprint density at radius 1 is 1.00 bits per heavy atom. The number of nitrogens with two attached hydrogens (primary N) is 1. The number of rotatable bonds is 5. The summed E-state index contributed by atoms with van der Waals surface area (Å²) in [5.41, 5.74) is 8.03. The van der Waals surface area contributed by atoms with Gasteiger partial charge in [-0.2, -0.15) is 0 Å². The first kappa shape index (κ1) is 15.3. The van der Waals surface area contributed by atoms with Gasteiger partial charge in [-0.15, -0.1) is 0 Å². The zero-order valence-corrected chi connectivity index (χ0v) is 12.5. The molecule has 2 rings (SSSR count). The van der Waals surface area contributed by atoms with Gasteiger partial charge < -0.3 is 10.5 Å². The van der Waals surface area contributed by atoms with Gasteiger partial charge in [-0.3, -0.25) is 0 Å². The van der Waals surface area contributed by atoms with Crippen LogP contribution in [0.2, 0.25) is 0 Å². The van der Waals surface area contributed by atoms with Gasteiger partial charge in [0, 0.05) is 0 Å². The fraction of sp³-hybridized carbons (Fsp3) is 0.278. The zero-order chi connectivity index (χ0) is 15.2. The Bertz CT molecular complexity index is 576. The van der Waals surface area contributed by atoms with Gasteiger partial charge in [-0.05, 0) is 35.6 Å². The van der Waals surface area contributed by atoms with Crippen molar-refractivity contribution in [3.8, 4) is 16.9 Å². The molecule has 0 saturated heterocycles. The molecule has 2 aromatic rings. The average molecular weight is 283 g/mol. The first-order valence-electron chi connectivity index (χ1n) is 7.19. The van der Waals surface area contributed by atoms with Crippen molar-refractivity contribution in [1.82, 2.24) is 0 Å². The number of carbonyl (C=O) groups excluding carboxylic acids is 1. The van der Waals surface area contributed by atoms with Crippen molar-refractivity contribution in [3.63, 3.8) is 0 Å². The van der Waals surface area contributed by atoms with Crippen LogP contribution in [0.1, 0.15) is 20.3 Å². The minimum absolute atomic E-state index is 0.369. The molecule has 1 atom stereocenters. The van der Waals surface area contributed by atoms with Gasteiger partial charge in [-0.1, -0.05) is 56.3 Å². The molecule has 21 heavy (non-hydrogen) atoms. The second-order valence-corrected chi connectivity index (χ2v) is 5.55. The second kappa shape index (κ2) is 7.04. The van der Waals surface area contributed by atoms with Crippen molar-refractivity contribution < 1.29 is 9.53 Å². The number of hydrogen-bond acceptors (Lipinski definition) is 3. The summed E-state index contributed by atoms with van der Waals surface area (Å²) >= 11 is 0. The molecule has 110 valence electrons. The quantitative estimate of drug-likeness (QED) is 0.673. The minimum atomic E-state index is -0.571. The van der Waals surface area contributed by atoms with E-state index in [2.05, 4.69) is 0 Å². The van der Waals surface area contributed by atoms with Gasteiger partial charge >= 0.3 is 5.97 Å². The highest BCUT2D eigenvalue weighted by atomic mass is 16.5. The molecule has 0 aliphatic heterocycles. The molecule has 1 unspecified atom stereocenters. The molecule has 0 spiro atoms. The summed E-state index contributed by atoms with van der Waals surface area (Å²) in [6.07, 6.45) is 0.626. The van der Waals surface area contributed by atoms with Crippen LogP contribution in [0.25, 0.3) is 11.1 Å². The number of ether oxygens (including phenoxy) is 1. The van der Waals surface area contributed by atoms with E-state index in [0.717, 1.165) is 11.1 Å². The van der Waals surface area contributed by atoms with E-state index in [9.17, 15) is 4.79 Å². The van der Waals surface area contributed by atoms with E-state index >= 15 is 0 Å². The lowest BCUT2D eigenvalue weighted by Gasteiger charge is -2.13. The number of carbonyl (C=O) groups is 1. The second-order valence-electron chi connectivity index (χ2n) is 5.55. The fourth-order valence-corrected chi connectivity index (χ4v) is 2.14. The van der Waals surface area contributed by atoms with E-state index in [1.807, 2.05) is 56.3 Å². The minimum Gasteiger partial charge on any atom is -0.425 e. The molecule has 3 heteroatoms. The van der Waals surface area contributed by atoms with Gasteiger partial charge in [-0.25, -0.2) is 4.79 Å². The molecule has 0 heterocycles. The van der Waals surface area contributed by atoms with E-state index in [1.54, 1.807) is 12.1 Å². The fourth-order valence-electron chi connectivity index (χ4n) is 2.14. The highest BCUT2D eigenvalue weighted by Crippen LogP contribution is 2.22. The molecule has 0 radical (unpaired) electrons. The SMILES string of the molecule is CC(C)CC(N)C(=O)Oc1ccc(-c2ccccc2)cc1. The Hall–Kier alpha value is -2.13. The Morgan fingerprint density at radius 3 is 2.14 bits per heavy atom. The van der Waals surface area contributed by atoms with Gasteiger partial charge in [0.25, 0.3) is 0 Å². The van der Waals surface area contributed by atoms with Crippen molar-refractivity contribution in [2.75, 3.05) is 0 Å². The molecule has 2 aromatic carbocycles. The summed E-state index contributed by atoms with van der Waals surface area (Å²) in [5.74, 6) is 0.517. The first-order chi connectivity index (χ1) is 10.1. The summed E-state index contributed by atoms with van der Waals surface area (Å²) in [6.45, 7) is 4.06. The van der Waals surface area contributed by atoms with Crippen molar-refractivity contribution in [2.24, 2.45) is 11.7 Å². The monoisotopic (exact) mass is 283 g/mol. The number of esters is 1. The van der Waals surface area contributed by atoms with Crippen LogP contribution in [0.5, 0.6) is 5.75 Å². The first-order valence-corrected chi connectivity index (χ1v) is 7.19. The average Bonchev–Trinajstić information content (AvgIpc) is 2.48. The predicted molar refractivity (Wildman–Crippen MR) is 84.9 cm³/mol. The molecule has 0 saturated carbocycles. The van der Waals surface area contributed by atoms with Gasteiger partial charge in [0.2, 0.25) is 0 Å². The molecule has 0 aliphatic carbocycles. The molecular formula is C18H21NO2. The highest BCUT2D eigenvalue weighted by molar-refractivity contribution is 5.78. The Morgan fingerprint density at radius 2 is 1.57 bits per heavy atom. The van der Waals surface area contributed by atoms with Crippen LogP contribution in [-0.4, -0.2) is 12.0 Å². The van der Waals surface area contributed by atoms with Crippen LogP contribution in [0.15, 0.2) is 54.6 Å². The lowest BCUT2D eigenvalue weighted by Crippen LogP contribution is -2.35. The van der Waals surface area contributed by atoms with E-state index in [4.69, 9.17) is 10.5 Å². The highest BCUT2D eigenvalue weighted by Gasteiger charge is 2.17. The van der Waals surface area contributed by atoms with Crippen LogP contribution in [0.4, 0.5) is 0 Å². The largest absolute Gasteiger partial charge is 0.425 e. The zero-order valence-electron chi connectivity index (χ0n) is 12.5. The normalized spacial score (nSPS) is 12.2. The Kier molecular flexibility index (Phi) is 5.12. The molecule has 2 N–H and O–H groups in total. The maximum Gasteiger partial charge on any atom is 0.328 e. The molecule has 0 fully saturated rings. The van der Waals surface area contributed by atoms with Crippen molar-refractivity contribution in [2.45, 2.75) is 26.3 Å². The van der Waals surface area contributed by atoms with Crippen LogP contribution in [-0.2, 0) is 4.79 Å². The van der Waals surface area contributed by atoms with Crippen LogP contribution in [0.3, 0.4) is 0 Å². The lowest BCUT2D eigenvalue weighted by atomic mass is 10.0. The third-order valence-corrected chi connectivity index (χ3v) is 3.21. The van der Waals surface area contributed by atoms with E-state index in [-0.39, 0.29) is 5.97 Å². The third kappa shape index (κ3) is 4.43. The van der Waals surface area contributed by atoms with Crippen molar-refractivity contribution in [3.05, 3.63) is 54.6 Å². The topological polar surface area (TPSA) is 52.3 Å². The van der Waals surface area contributed by atoms with Gasteiger partial charge in [0.05, 0.1) is 0 Å². The summed E-state index contributed by atoms with van der Waals surface area (Å²) in [5, 5.41) is 0. The van der Waals surface area contributed by atoms with Crippen LogP contribution in [0, 0.1) is 5.92 Å². The molecule has 0 amide bonds. The summed E-state index contributed by atoms with van der Waals surface area (Å²) in [7, 11) is 0. The van der Waals surface area contributed by atoms with Crippen molar-refractivity contribution >= 4 is 5.97 Å². The summed E-state index contributed by atoms with van der Waals surface area (Å²) in [4.78, 5) is 11.9. The van der Waals surface area contributed by atoms with Crippen LogP contribution >= 0.6 is 0 Å². The molecule has 0 bridgehead atoms. The van der Waals surface area contributed by atoms with Gasteiger partial charge in [0.15, 0.2) is 0 Å². The lowest BCUT2D eigenvalue weighted by molar-refractivity contribution is -0.136. The smallest absolute Gasteiger partial charge is 0.328 e. The van der Waals surface area contributed by atoms with E-state index in [1.165, 1.54) is 0 Å². The molecule has 0 aromatic heterocycles. The van der Waals surface area contributed by atoms with Crippen LogP contribution < -0.4 is 10.5 Å². The molecule has 0 aliphatic rings. The molecule has 3 nitrogen and oxygen atoms in total. The Balaban J connectivity index is 2.01. The summed E-state index contributed by atoms with van der Waals surface area (Å²) in [6, 6.07) is 16.9. The predicted octanol–water partition coefficient (Wildman–Crippen LogP) is 3.63. The maximum atomic E-state index is 11.9. The third-order valence-electron chi connectivity index (χ3n) is 3.21. The number of benzene rings is 2. The molecular weight excluding hydrogens is 262 g/mol. The van der Waals surface area contributed by atoms with Crippen molar-refractivity contribution in [1.29, 1.82) is 0 Å². The number of hydrogen-bond donors (Lipinski definition) is 1. The van der Waals surface area contributed by atoms with E-state index < -0.39 is 6.04 Å². The van der Waals surface area contributed by atoms with E-state index in [0.29, 0.717) is 18.1 Å². The summed E-state index contributed by atoms with van der Waals surface area (Å²) < 4.78 is 5.30.